The third-order valence-corrected chi connectivity index (χ3v) is 4.89. The van der Waals surface area contributed by atoms with Crippen molar-refractivity contribution >= 4 is 5.91 Å². The molecular weight excluding hydrogens is 332 g/mol. The third kappa shape index (κ3) is 5.62. The van der Waals surface area contributed by atoms with Crippen LogP contribution in [0, 0.1) is 5.92 Å². The molecule has 9 heteroatoms. The fourth-order valence-electron chi connectivity index (χ4n) is 3.17. The minimum Gasteiger partial charge on any atom is -0.356 e. The van der Waals surface area contributed by atoms with Crippen molar-refractivity contribution < 1.29 is 4.79 Å². The van der Waals surface area contributed by atoms with Gasteiger partial charge in [-0.3, -0.25) is 9.69 Å². The van der Waals surface area contributed by atoms with Gasteiger partial charge in [-0.05, 0) is 48.7 Å². The lowest BCUT2D eigenvalue weighted by Gasteiger charge is -2.29. The Bertz CT molecular complexity index is 660. The van der Waals surface area contributed by atoms with E-state index in [2.05, 4.69) is 42.6 Å². The maximum atomic E-state index is 11.9. The first-order valence-corrected chi connectivity index (χ1v) is 9.42. The number of likely N-dealkylation sites (tertiary alicyclic amines) is 1. The van der Waals surface area contributed by atoms with E-state index in [9.17, 15) is 4.79 Å². The number of aryl methyl sites for hydroxylation is 1. The quantitative estimate of drug-likeness (QED) is 0.684. The fourth-order valence-corrected chi connectivity index (χ4v) is 3.17. The van der Waals surface area contributed by atoms with E-state index in [-0.39, 0.29) is 5.91 Å². The Morgan fingerprint density at radius 2 is 2.23 bits per heavy atom. The van der Waals surface area contributed by atoms with Gasteiger partial charge in [0.1, 0.15) is 0 Å². The molecule has 1 aliphatic rings. The third-order valence-electron chi connectivity index (χ3n) is 4.89. The number of aromatic amines is 1. The molecule has 0 bridgehead atoms. The highest BCUT2D eigenvalue weighted by molar-refractivity contribution is 5.75. The lowest BCUT2D eigenvalue weighted by molar-refractivity contribution is -0.121. The molecule has 0 aromatic carbocycles. The average Bonchev–Trinajstić information content (AvgIpc) is 3.29. The molecule has 0 saturated carbocycles. The number of tetrazole rings is 1. The van der Waals surface area contributed by atoms with E-state index in [1.54, 1.807) is 12.5 Å². The number of piperidine rings is 1. The van der Waals surface area contributed by atoms with Gasteiger partial charge >= 0.3 is 0 Å². The molecule has 1 fully saturated rings. The number of nitrogens with zero attached hydrogens (tertiary/aromatic N) is 6. The van der Waals surface area contributed by atoms with Crippen molar-refractivity contribution in [1.29, 1.82) is 0 Å². The first kappa shape index (κ1) is 18.5. The van der Waals surface area contributed by atoms with Crippen molar-refractivity contribution in [2.75, 3.05) is 19.6 Å². The summed E-state index contributed by atoms with van der Waals surface area (Å²) in [6.07, 6.45) is 7.85. The van der Waals surface area contributed by atoms with Crippen LogP contribution in [0.2, 0.25) is 0 Å². The van der Waals surface area contributed by atoms with E-state index in [4.69, 9.17) is 0 Å². The summed E-state index contributed by atoms with van der Waals surface area (Å²) in [4.78, 5) is 21.3. The van der Waals surface area contributed by atoms with Crippen LogP contribution >= 0.6 is 0 Å². The molecular formula is C17H28N8O. The average molecular weight is 360 g/mol. The number of imidazole rings is 1. The zero-order valence-electron chi connectivity index (χ0n) is 15.4. The topological polar surface area (TPSA) is 105 Å². The van der Waals surface area contributed by atoms with Gasteiger partial charge in [0, 0.05) is 37.8 Å². The SMILES string of the molecule is CC1CCN(Cc2nnnn2CCCC(=O)NCCc2cnc[nH]2)CC1. The monoisotopic (exact) mass is 360 g/mol. The van der Waals surface area contributed by atoms with E-state index >= 15 is 0 Å². The molecule has 9 nitrogen and oxygen atoms in total. The van der Waals surface area contributed by atoms with Crippen molar-refractivity contribution in [3.05, 3.63) is 24.0 Å². The highest BCUT2D eigenvalue weighted by atomic mass is 16.1. The van der Waals surface area contributed by atoms with Crippen LogP contribution in [0.3, 0.4) is 0 Å². The lowest BCUT2D eigenvalue weighted by Crippen LogP contribution is -2.33. The van der Waals surface area contributed by atoms with Gasteiger partial charge in [0.05, 0.1) is 12.9 Å². The fraction of sp³-hybridized carbons (Fsp3) is 0.706. The number of hydrogen-bond donors (Lipinski definition) is 2. The van der Waals surface area contributed by atoms with Crippen LogP contribution in [0.5, 0.6) is 0 Å². The molecule has 3 rings (SSSR count). The number of carbonyl (C=O) groups excluding carboxylic acids is 1. The summed E-state index contributed by atoms with van der Waals surface area (Å²) < 4.78 is 1.83. The molecule has 0 aliphatic carbocycles. The van der Waals surface area contributed by atoms with E-state index in [1.165, 1.54) is 12.8 Å². The van der Waals surface area contributed by atoms with Crippen LogP contribution < -0.4 is 5.32 Å². The van der Waals surface area contributed by atoms with E-state index < -0.39 is 0 Å². The predicted octanol–water partition coefficient (Wildman–Crippen LogP) is 0.767. The van der Waals surface area contributed by atoms with Crippen LogP contribution in [0.15, 0.2) is 12.5 Å². The summed E-state index contributed by atoms with van der Waals surface area (Å²) in [5, 5.41) is 15.0. The normalized spacial score (nSPS) is 16.0. The molecule has 2 aromatic heterocycles. The molecule has 26 heavy (non-hydrogen) atoms. The zero-order chi connectivity index (χ0) is 18.2. The van der Waals surface area contributed by atoms with E-state index in [1.807, 2.05) is 4.68 Å². The largest absolute Gasteiger partial charge is 0.356 e. The molecule has 0 spiro atoms. The summed E-state index contributed by atoms with van der Waals surface area (Å²) in [7, 11) is 0. The van der Waals surface area contributed by atoms with Gasteiger partial charge in [0.2, 0.25) is 5.91 Å². The molecule has 142 valence electrons. The highest BCUT2D eigenvalue weighted by Gasteiger charge is 2.18. The number of carbonyl (C=O) groups is 1. The number of hydrogen-bond acceptors (Lipinski definition) is 6. The van der Waals surface area contributed by atoms with Crippen molar-refractivity contribution in [3.63, 3.8) is 0 Å². The van der Waals surface area contributed by atoms with Gasteiger partial charge in [0.15, 0.2) is 5.82 Å². The minimum absolute atomic E-state index is 0.0594. The molecule has 3 heterocycles. The van der Waals surface area contributed by atoms with Gasteiger partial charge < -0.3 is 10.3 Å². The van der Waals surface area contributed by atoms with Crippen LogP contribution in [-0.4, -0.2) is 60.6 Å². The highest BCUT2D eigenvalue weighted by Crippen LogP contribution is 2.17. The number of H-pyrrole nitrogens is 1. The van der Waals surface area contributed by atoms with Crippen LogP contribution in [0.4, 0.5) is 0 Å². The van der Waals surface area contributed by atoms with Gasteiger partial charge in [-0.25, -0.2) is 9.67 Å². The Morgan fingerprint density at radius 3 is 3.00 bits per heavy atom. The molecule has 2 N–H and O–H groups in total. The van der Waals surface area contributed by atoms with Gasteiger partial charge in [-0.15, -0.1) is 5.10 Å². The second-order valence-electron chi connectivity index (χ2n) is 7.06. The Kier molecular flexibility index (Phi) is 6.70. The van der Waals surface area contributed by atoms with Crippen LogP contribution in [0.1, 0.15) is 44.1 Å². The molecule has 0 radical (unpaired) electrons. The first-order valence-electron chi connectivity index (χ1n) is 9.42. The van der Waals surface area contributed by atoms with Crippen LogP contribution in [-0.2, 0) is 24.3 Å². The predicted molar refractivity (Wildman–Crippen MR) is 96.0 cm³/mol. The van der Waals surface area contributed by atoms with Crippen molar-refractivity contribution in [2.24, 2.45) is 5.92 Å². The molecule has 1 saturated heterocycles. The van der Waals surface area contributed by atoms with E-state index in [0.717, 1.165) is 49.9 Å². The smallest absolute Gasteiger partial charge is 0.220 e. The standard InChI is InChI=1S/C17H28N8O/c1-14-5-9-24(10-6-14)12-16-21-22-23-25(16)8-2-3-17(26)19-7-4-15-11-18-13-20-15/h11,13-14H,2-10,12H2,1H3,(H,18,20)(H,19,26). The summed E-state index contributed by atoms with van der Waals surface area (Å²) in [5.41, 5.74) is 1.02. The van der Waals surface area contributed by atoms with Gasteiger partial charge in [-0.2, -0.15) is 0 Å². The summed E-state index contributed by atoms with van der Waals surface area (Å²) in [5.74, 6) is 1.76. The molecule has 0 unspecified atom stereocenters. The Labute approximate surface area is 153 Å². The second-order valence-corrected chi connectivity index (χ2v) is 7.06. The molecule has 0 atom stereocenters. The van der Waals surface area contributed by atoms with Crippen LogP contribution in [0.25, 0.3) is 0 Å². The molecule has 2 aromatic rings. The lowest BCUT2D eigenvalue weighted by atomic mass is 9.99. The maximum Gasteiger partial charge on any atom is 0.220 e. The van der Waals surface area contributed by atoms with Crippen molar-refractivity contribution in [2.45, 2.75) is 52.1 Å². The Balaban J connectivity index is 1.34. The Hall–Kier alpha value is -2.29. The molecule has 1 aliphatic heterocycles. The number of aromatic nitrogens is 6. The second kappa shape index (κ2) is 9.42. The number of amides is 1. The summed E-state index contributed by atoms with van der Waals surface area (Å²) in [6.45, 7) is 6.59. The number of nitrogens with one attached hydrogen (secondary N) is 2. The van der Waals surface area contributed by atoms with Crippen molar-refractivity contribution in [3.8, 4) is 0 Å². The molecule has 1 amide bonds. The zero-order valence-corrected chi connectivity index (χ0v) is 15.4. The van der Waals surface area contributed by atoms with Gasteiger partial charge in [-0.1, -0.05) is 6.92 Å². The maximum absolute atomic E-state index is 11.9. The summed E-state index contributed by atoms with van der Waals surface area (Å²) >= 11 is 0. The Morgan fingerprint density at radius 1 is 1.38 bits per heavy atom. The van der Waals surface area contributed by atoms with Crippen molar-refractivity contribution in [1.82, 2.24) is 40.4 Å². The summed E-state index contributed by atoms with van der Waals surface area (Å²) in [6, 6.07) is 0. The van der Waals surface area contributed by atoms with E-state index in [0.29, 0.717) is 19.5 Å². The minimum atomic E-state index is 0.0594. The van der Waals surface area contributed by atoms with Gasteiger partial charge in [0.25, 0.3) is 0 Å². The number of rotatable bonds is 9. The first-order chi connectivity index (χ1) is 12.7.